The first-order valence-electron chi connectivity index (χ1n) is 9.79. The molecule has 5 atom stereocenters. The predicted octanol–water partition coefficient (Wildman–Crippen LogP) is 4.23. The molecule has 4 heteroatoms. The van der Waals surface area contributed by atoms with E-state index in [2.05, 4.69) is 18.8 Å². The summed E-state index contributed by atoms with van der Waals surface area (Å²) in [5, 5.41) is 3.37. The van der Waals surface area contributed by atoms with Gasteiger partial charge in [0.25, 0.3) is 0 Å². The largest absolute Gasteiger partial charge is 0.462 e. The first-order chi connectivity index (χ1) is 12.5. The van der Waals surface area contributed by atoms with Gasteiger partial charge in [-0.1, -0.05) is 31.2 Å². The molecule has 1 N–H and O–H groups in total. The van der Waals surface area contributed by atoms with E-state index in [1.807, 2.05) is 0 Å². The average molecular weight is 357 g/mol. The molecule has 1 heterocycles. The van der Waals surface area contributed by atoms with Gasteiger partial charge in [0.15, 0.2) is 0 Å². The Morgan fingerprint density at radius 3 is 2.88 bits per heavy atom. The summed E-state index contributed by atoms with van der Waals surface area (Å²) in [7, 11) is 0. The van der Waals surface area contributed by atoms with Gasteiger partial charge >= 0.3 is 5.97 Å². The molecule has 5 unspecified atom stereocenters. The van der Waals surface area contributed by atoms with Crippen molar-refractivity contribution in [2.24, 2.45) is 23.2 Å². The number of halogens is 1. The van der Waals surface area contributed by atoms with E-state index in [1.165, 1.54) is 30.5 Å². The Hall–Kier alpha value is -1.68. The molecule has 0 aromatic heterocycles. The number of nitrogens with one attached hydrogen (secondary N) is 1. The molecular weight excluding hydrogens is 329 g/mol. The lowest BCUT2D eigenvalue weighted by Gasteiger charge is -2.50. The summed E-state index contributed by atoms with van der Waals surface area (Å²) in [6.07, 6.45) is 5.60. The lowest BCUT2D eigenvalue weighted by molar-refractivity contribution is -0.146. The van der Waals surface area contributed by atoms with Crippen LogP contribution in [0.25, 0.3) is 0 Å². The van der Waals surface area contributed by atoms with Crippen molar-refractivity contribution in [2.45, 2.75) is 51.7 Å². The van der Waals surface area contributed by atoms with Gasteiger partial charge in [-0.3, -0.25) is 4.79 Å². The van der Waals surface area contributed by atoms with Crippen molar-refractivity contribution in [2.75, 3.05) is 6.54 Å². The van der Waals surface area contributed by atoms with Crippen LogP contribution in [0.4, 0.5) is 4.39 Å². The van der Waals surface area contributed by atoms with Crippen molar-refractivity contribution in [1.29, 1.82) is 0 Å². The molecule has 0 spiro atoms. The van der Waals surface area contributed by atoms with Gasteiger partial charge in [0.2, 0.25) is 0 Å². The Bertz CT molecular complexity index is 701. The minimum Gasteiger partial charge on any atom is -0.462 e. The molecule has 1 aliphatic heterocycles. The summed E-state index contributed by atoms with van der Waals surface area (Å²) in [5.74, 6) is 0.441. The highest BCUT2D eigenvalue weighted by Gasteiger charge is 2.54. The number of benzene rings is 1. The summed E-state index contributed by atoms with van der Waals surface area (Å²) < 4.78 is 18.8. The van der Waals surface area contributed by atoms with E-state index in [4.69, 9.17) is 4.74 Å². The van der Waals surface area contributed by atoms with E-state index in [0.717, 1.165) is 24.8 Å². The van der Waals surface area contributed by atoms with Crippen LogP contribution in [-0.4, -0.2) is 18.6 Å². The fraction of sp³-hybridized carbons (Fsp3) is 0.591. The van der Waals surface area contributed by atoms with Gasteiger partial charge in [0.1, 0.15) is 11.9 Å². The maximum atomic E-state index is 13.0. The highest BCUT2D eigenvalue weighted by atomic mass is 19.1. The molecule has 3 nitrogen and oxygen atoms in total. The van der Waals surface area contributed by atoms with Crippen LogP contribution in [0.5, 0.6) is 0 Å². The zero-order valence-electron chi connectivity index (χ0n) is 15.5. The quantitative estimate of drug-likeness (QED) is 0.647. The fourth-order valence-corrected chi connectivity index (χ4v) is 5.46. The van der Waals surface area contributed by atoms with Gasteiger partial charge in [-0.15, -0.1) is 0 Å². The molecule has 1 aromatic rings. The summed E-state index contributed by atoms with van der Waals surface area (Å²) in [6.45, 7) is 7.94. The number of allylic oxidation sites excluding steroid dienone is 1. The van der Waals surface area contributed by atoms with Crippen LogP contribution in [0.1, 0.15) is 44.6 Å². The molecule has 3 fully saturated rings. The lowest BCUT2D eigenvalue weighted by atomic mass is 9.55. The third-order valence-corrected chi connectivity index (χ3v) is 6.93. The molecule has 140 valence electrons. The van der Waals surface area contributed by atoms with Crippen LogP contribution in [0, 0.1) is 29.0 Å². The van der Waals surface area contributed by atoms with E-state index >= 15 is 0 Å². The molecule has 0 bridgehead atoms. The van der Waals surface area contributed by atoms with Crippen LogP contribution in [-0.2, 0) is 16.1 Å². The summed E-state index contributed by atoms with van der Waals surface area (Å²) in [6, 6.07) is 6.48. The van der Waals surface area contributed by atoms with E-state index < -0.39 is 0 Å². The Balaban J connectivity index is 1.40. The van der Waals surface area contributed by atoms with Crippen molar-refractivity contribution in [3.8, 4) is 0 Å². The van der Waals surface area contributed by atoms with Crippen LogP contribution >= 0.6 is 0 Å². The molecule has 0 radical (unpaired) electrons. The minimum absolute atomic E-state index is 0.0561. The zero-order valence-corrected chi connectivity index (χ0v) is 15.5. The SMILES string of the molecule is C=C1CCCC2(C)CC3OC(=O)C(CNCc4ccc(F)cc4)C3CC12. The van der Waals surface area contributed by atoms with Crippen molar-refractivity contribution in [3.63, 3.8) is 0 Å². The fourth-order valence-electron chi connectivity index (χ4n) is 5.46. The monoisotopic (exact) mass is 357 g/mol. The molecule has 2 aliphatic carbocycles. The van der Waals surface area contributed by atoms with E-state index in [0.29, 0.717) is 19.0 Å². The second-order valence-electron chi connectivity index (χ2n) is 8.66. The Morgan fingerprint density at radius 1 is 1.35 bits per heavy atom. The summed E-state index contributed by atoms with van der Waals surface area (Å²) in [5.41, 5.74) is 2.63. The van der Waals surface area contributed by atoms with Crippen LogP contribution < -0.4 is 5.32 Å². The topological polar surface area (TPSA) is 38.3 Å². The van der Waals surface area contributed by atoms with Gasteiger partial charge in [-0.05, 0) is 61.1 Å². The van der Waals surface area contributed by atoms with Gasteiger partial charge in [-0.25, -0.2) is 4.39 Å². The minimum atomic E-state index is -0.228. The molecule has 26 heavy (non-hydrogen) atoms. The summed E-state index contributed by atoms with van der Waals surface area (Å²) in [4.78, 5) is 12.5. The third-order valence-electron chi connectivity index (χ3n) is 6.93. The summed E-state index contributed by atoms with van der Waals surface area (Å²) >= 11 is 0. The van der Waals surface area contributed by atoms with Crippen molar-refractivity contribution in [1.82, 2.24) is 5.32 Å². The van der Waals surface area contributed by atoms with Gasteiger partial charge < -0.3 is 10.1 Å². The highest BCUT2D eigenvalue weighted by molar-refractivity contribution is 5.75. The lowest BCUT2D eigenvalue weighted by Crippen LogP contribution is -2.45. The first-order valence-corrected chi connectivity index (χ1v) is 9.79. The maximum Gasteiger partial charge on any atom is 0.310 e. The second-order valence-corrected chi connectivity index (χ2v) is 8.66. The number of fused-ring (bicyclic) bond motifs is 2. The molecule has 1 saturated heterocycles. The molecule has 3 aliphatic rings. The number of hydrogen-bond donors (Lipinski definition) is 1. The second kappa shape index (κ2) is 6.80. The number of carbonyl (C=O) groups excluding carboxylic acids is 1. The number of esters is 1. The number of hydrogen-bond acceptors (Lipinski definition) is 3. The van der Waals surface area contributed by atoms with Gasteiger partial charge in [0, 0.05) is 19.0 Å². The van der Waals surface area contributed by atoms with Gasteiger partial charge in [0.05, 0.1) is 5.92 Å². The Morgan fingerprint density at radius 2 is 2.12 bits per heavy atom. The third kappa shape index (κ3) is 3.20. The van der Waals surface area contributed by atoms with Gasteiger partial charge in [-0.2, -0.15) is 0 Å². The Labute approximate surface area is 155 Å². The number of carbonyl (C=O) groups is 1. The Kier molecular flexibility index (Phi) is 4.64. The average Bonchev–Trinajstić information content (AvgIpc) is 2.89. The highest BCUT2D eigenvalue weighted by Crippen LogP contribution is 2.56. The molecule has 0 amide bonds. The van der Waals surface area contributed by atoms with Crippen LogP contribution in [0.3, 0.4) is 0 Å². The number of rotatable bonds is 4. The molecule has 1 aromatic carbocycles. The van der Waals surface area contributed by atoms with Crippen LogP contribution in [0.15, 0.2) is 36.4 Å². The van der Waals surface area contributed by atoms with E-state index in [-0.39, 0.29) is 35.1 Å². The van der Waals surface area contributed by atoms with Crippen molar-refractivity contribution in [3.05, 3.63) is 47.8 Å². The van der Waals surface area contributed by atoms with Crippen molar-refractivity contribution < 1.29 is 13.9 Å². The van der Waals surface area contributed by atoms with E-state index in [1.54, 1.807) is 12.1 Å². The van der Waals surface area contributed by atoms with Crippen molar-refractivity contribution >= 4 is 5.97 Å². The van der Waals surface area contributed by atoms with Crippen LogP contribution in [0.2, 0.25) is 0 Å². The molecule has 4 rings (SSSR count). The number of ether oxygens (including phenoxy) is 1. The molecule has 2 saturated carbocycles. The smallest absolute Gasteiger partial charge is 0.310 e. The maximum absolute atomic E-state index is 13.0. The molecular formula is C22H28FNO2. The predicted molar refractivity (Wildman–Crippen MR) is 98.8 cm³/mol. The van der Waals surface area contributed by atoms with E-state index in [9.17, 15) is 9.18 Å². The standard InChI is InChI=1S/C22H28FNO2/c1-14-4-3-9-22(2)11-20-17(10-19(14)22)18(21(25)26-20)13-24-12-15-5-7-16(23)8-6-15/h5-8,17-20,24H,1,3-4,9-13H2,2H3. The zero-order chi connectivity index (χ0) is 18.3. The normalized spacial score (nSPS) is 36.4. The first kappa shape index (κ1) is 17.7.